The number of benzene rings is 2. The Morgan fingerprint density at radius 3 is 2.18 bits per heavy atom. The van der Waals surface area contributed by atoms with E-state index in [4.69, 9.17) is 29.3 Å². The van der Waals surface area contributed by atoms with Gasteiger partial charge in [0.25, 0.3) is 0 Å². The van der Waals surface area contributed by atoms with Gasteiger partial charge in [0, 0.05) is 30.7 Å². The third-order valence-electron chi connectivity index (χ3n) is 5.81. The molecule has 10 nitrogen and oxygen atoms in total. The van der Waals surface area contributed by atoms with Crippen molar-refractivity contribution < 1.29 is 34.1 Å². The number of carbonyl (C=O) groups is 3. The van der Waals surface area contributed by atoms with Crippen LogP contribution in [0.4, 0.5) is 0 Å². The fourth-order valence-corrected chi connectivity index (χ4v) is 4.44. The van der Waals surface area contributed by atoms with E-state index in [2.05, 4.69) is 44.6 Å². The molecule has 206 valence electrons. The van der Waals surface area contributed by atoms with Crippen molar-refractivity contribution in [2.75, 3.05) is 39.9 Å². The van der Waals surface area contributed by atoms with Crippen molar-refractivity contribution in [1.29, 1.82) is 0 Å². The van der Waals surface area contributed by atoms with Gasteiger partial charge in [0.1, 0.15) is 5.75 Å². The van der Waals surface area contributed by atoms with E-state index in [0.717, 1.165) is 52.9 Å². The summed E-state index contributed by atoms with van der Waals surface area (Å²) in [7, 11) is 1.62. The molecule has 2 aromatic carbocycles. The van der Waals surface area contributed by atoms with Crippen molar-refractivity contribution in [3.8, 4) is 11.4 Å². The molecule has 0 aliphatic heterocycles. The lowest BCUT2D eigenvalue weighted by Crippen LogP contribution is -2.32. The van der Waals surface area contributed by atoms with E-state index in [-0.39, 0.29) is 5.97 Å². The largest absolute Gasteiger partial charge is 0.496 e. The predicted octanol–water partition coefficient (Wildman–Crippen LogP) is 4.17. The van der Waals surface area contributed by atoms with E-state index in [1.54, 1.807) is 7.11 Å². The molecule has 0 unspecified atom stereocenters. The topological polar surface area (TPSA) is 130 Å². The fraction of sp³-hybridized carbons (Fsp3) is 0.370. The molecule has 0 aliphatic rings. The van der Waals surface area contributed by atoms with Gasteiger partial charge in [-0.3, -0.25) is 0 Å². The second kappa shape index (κ2) is 15.1. The van der Waals surface area contributed by atoms with Gasteiger partial charge in [-0.05, 0) is 60.2 Å². The molecule has 0 amide bonds. The van der Waals surface area contributed by atoms with Crippen molar-refractivity contribution in [2.45, 2.75) is 27.3 Å². The lowest BCUT2D eigenvalue weighted by Gasteiger charge is -2.19. The van der Waals surface area contributed by atoms with Crippen LogP contribution in [0.5, 0.6) is 5.75 Å². The monoisotopic (exact) mass is 591 g/mol. The van der Waals surface area contributed by atoms with Crippen LogP contribution in [-0.4, -0.2) is 77.5 Å². The Hall–Kier alpha value is -3.41. The van der Waals surface area contributed by atoms with E-state index >= 15 is 0 Å². The van der Waals surface area contributed by atoms with Gasteiger partial charge in [0.2, 0.25) is 0 Å². The molecule has 3 N–H and O–H groups in total. The first-order valence-electron chi connectivity index (χ1n) is 12.2. The summed E-state index contributed by atoms with van der Waals surface area (Å²) in [4.78, 5) is 33.7. The van der Waals surface area contributed by atoms with Gasteiger partial charge in [0.15, 0.2) is 0 Å². The quantitative estimate of drug-likeness (QED) is 0.171. The zero-order chi connectivity index (χ0) is 28.2. The smallest absolute Gasteiger partial charge is 0.414 e. The third-order valence-corrected chi connectivity index (χ3v) is 6.43. The van der Waals surface area contributed by atoms with Gasteiger partial charge >= 0.3 is 17.9 Å². The molecule has 0 fully saturated rings. The number of ether oxygens (including phenoxy) is 2. The maximum Gasteiger partial charge on any atom is 0.414 e. The van der Waals surface area contributed by atoms with Crippen molar-refractivity contribution in [1.82, 2.24) is 14.8 Å². The molecule has 1 aromatic heterocycles. The molecule has 38 heavy (non-hydrogen) atoms. The Kier molecular flexibility index (Phi) is 12.3. The normalized spacial score (nSPS) is 10.7. The average Bonchev–Trinajstić information content (AvgIpc) is 3.21. The van der Waals surface area contributed by atoms with Gasteiger partial charge < -0.3 is 34.5 Å². The summed E-state index contributed by atoms with van der Waals surface area (Å²) in [5, 5.41) is 19.1. The number of aliphatic carboxylic acids is 2. The second-order valence-electron chi connectivity index (χ2n) is 8.03. The van der Waals surface area contributed by atoms with E-state index in [0.29, 0.717) is 24.5 Å². The van der Waals surface area contributed by atoms with Crippen LogP contribution in [-0.2, 0) is 20.9 Å². The van der Waals surface area contributed by atoms with E-state index < -0.39 is 11.9 Å². The molecular formula is C27H34BrN3O7. The maximum atomic E-state index is 13.1. The Labute approximate surface area is 230 Å². The Morgan fingerprint density at radius 2 is 1.66 bits per heavy atom. The highest BCUT2D eigenvalue weighted by Gasteiger charge is 2.25. The number of rotatable bonds is 11. The molecule has 0 saturated carbocycles. The molecule has 0 saturated heterocycles. The molecule has 3 rings (SSSR count). The summed E-state index contributed by atoms with van der Waals surface area (Å²) < 4.78 is 14.0. The zero-order valence-electron chi connectivity index (χ0n) is 22.0. The maximum absolute atomic E-state index is 13.1. The summed E-state index contributed by atoms with van der Waals surface area (Å²) >= 11 is 3.61. The highest BCUT2D eigenvalue weighted by atomic mass is 79.9. The number of carboxylic acids is 2. The van der Waals surface area contributed by atoms with Crippen LogP contribution in [0.2, 0.25) is 0 Å². The Bertz CT molecular complexity index is 1230. The molecule has 3 aromatic rings. The van der Waals surface area contributed by atoms with Crippen molar-refractivity contribution >= 4 is 44.7 Å². The Balaban J connectivity index is 0.000000757. The number of para-hydroxylation sites is 1. The van der Waals surface area contributed by atoms with Crippen molar-refractivity contribution in [2.24, 2.45) is 0 Å². The number of hydrogen-bond acceptors (Lipinski definition) is 7. The summed E-state index contributed by atoms with van der Waals surface area (Å²) in [6, 6.07) is 14.0. The van der Waals surface area contributed by atoms with Crippen LogP contribution < -0.4 is 10.1 Å². The molecule has 1 heterocycles. The number of hydrogen-bond donors (Lipinski definition) is 3. The Morgan fingerprint density at radius 1 is 1.03 bits per heavy atom. The number of fused-ring (bicyclic) bond motifs is 1. The lowest BCUT2D eigenvalue weighted by atomic mass is 10.1. The number of nitrogens with one attached hydrogen (secondary N) is 1. The van der Waals surface area contributed by atoms with Crippen molar-refractivity contribution in [3.63, 3.8) is 0 Å². The van der Waals surface area contributed by atoms with Crippen LogP contribution in [0.15, 0.2) is 46.9 Å². The van der Waals surface area contributed by atoms with Gasteiger partial charge in [-0.1, -0.05) is 32.0 Å². The van der Waals surface area contributed by atoms with Crippen LogP contribution >= 0.6 is 15.9 Å². The number of carboxylic acid groups (broad SMARTS) is 2. The second-order valence-corrected chi connectivity index (χ2v) is 8.89. The van der Waals surface area contributed by atoms with Gasteiger partial charge in [-0.15, -0.1) is 0 Å². The van der Waals surface area contributed by atoms with Gasteiger partial charge in [0.05, 0.1) is 35.0 Å². The van der Waals surface area contributed by atoms with Crippen LogP contribution in [0, 0.1) is 0 Å². The number of nitrogens with zero attached hydrogens (tertiary/aromatic N) is 2. The fourth-order valence-electron chi connectivity index (χ4n) is 3.95. The van der Waals surface area contributed by atoms with Gasteiger partial charge in [-0.2, -0.15) is 0 Å². The lowest BCUT2D eigenvalue weighted by molar-refractivity contribution is -0.159. The summed E-state index contributed by atoms with van der Waals surface area (Å²) in [6.45, 7) is 10.8. The number of methoxy groups -OCH3 is 1. The minimum Gasteiger partial charge on any atom is -0.496 e. The number of likely N-dealkylation sites (N-methyl/N-ethyl adjacent to an activating group) is 1. The summed E-state index contributed by atoms with van der Waals surface area (Å²) in [5.74, 6) is -3.29. The average molecular weight is 592 g/mol. The molecule has 0 spiro atoms. The number of esters is 1. The number of halogens is 1. The highest BCUT2D eigenvalue weighted by molar-refractivity contribution is 9.10. The van der Waals surface area contributed by atoms with Crippen LogP contribution in [0.25, 0.3) is 16.6 Å². The van der Waals surface area contributed by atoms with Crippen LogP contribution in [0.1, 0.15) is 36.8 Å². The van der Waals surface area contributed by atoms with E-state index in [1.807, 2.05) is 49.4 Å². The van der Waals surface area contributed by atoms with E-state index in [9.17, 15) is 4.79 Å². The minimum atomic E-state index is -1.82. The minimum absolute atomic E-state index is 0.319. The van der Waals surface area contributed by atoms with E-state index in [1.165, 1.54) is 0 Å². The summed E-state index contributed by atoms with van der Waals surface area (Å²) in [5.41, 5.74) is 3.37. The molecule has 11 heteroatoms. The number of carbonyl (C=O) groups excluding carboxylic acids is 1. The highest BCUT2D eigenvalue weighted by Crippen LogP contribution is 2.37. The predicted molar refractivity (Wildman–Crippen MR) is 148 cm³/mol. The molecular weight excluding hydrogens is 558 g/mol. The molecule has 0 bridgehead atoms. The van der Waals surface area contributed by atoms with Crippen LogP contribution in [0.3, 0.4) is 0 Å². The first-order valence-corrected chi connectivity index (χ1v) is 13.0. The molecule has 0 aliphatic carbocycles. The standard InChI is InChI=1S/C25H32BrN3O3.C2H2O4/c1-5-28(6-2)14-13-27-17-22-24(25(30)32-7-3)19-15-23(31-4)20(26)16-21(19)29(22)18-11-9-8-10-12-18;3-1(4)2(5)6/h8-12,15-16,27H,5-7,13-14,17H2,1-4H3;(H,3,4)(H,5,6). The SMILES string of the molecule is CCOC(=O)c1c(CNCCN(CC)CC)n(-c2ccccc2)c2cc(Br)c(OC)cc12.O=C(O)C(=O)O. The third kappa shape index (κ3) is 7.80. The first kappa shape index (κ1) is 30.8. The summed E-state index contributed by atoms with van der Waals surface area (Å²) in [6.07, 6.45) is 0. The number of aromatic nitrogens is 1. The molecule has 0 radical (unpaired) electrons. The van der Waals surface area contributed by atoms with Gasteiger partial charge in [-0.25, -0.2) is 14.4 Å². The first-order chi connectivity index (χ1) is 18.2. The van der Waals surface area contributed by atoms with Crippen molar-refractivity contribution in [3.05, 3.63) is 58.2 Å². The molecule has 0 atom stereocenters. The zero-order valence-corrected chi connectivity index (χ0v) is 23.6.